The minimum absolute atomic E-state index is 0.0496. The first-order valence-electron chi connectivity index (χ1n) is 9.48. The molecule has 0 saturated heterocycles. The molecule has 0 bridgehead atoms. The molecule has 7 heteroatoms. The van der Waals surface area contributed by atoms with E-state index in [9.17, 15) is 14.7 Å². The summed E-state index contributed by atoms with van der Waals surface area (Å²) in [5.74, 6) is -0.0998. The number of esters is 1. The number of hydrogen-bond acceptors (Lipinski definition) is 7. The maximum absolute atomic E-state index is 12.7. The molecule has 0 fully saturated rings. The van der Waals surface area contributed by atoms with Gasteiger partial charge in [-0.2, -0.15) is 0 Å². The SMILES string of the molecule is COc1cc(O)c2c(c1)OC(C(C)(C)C=C1N=C(c3ccccc3)OC1=O)CC2=O. The Labute approximate surface area is 173 Å². The lowest BCUT2D eigenvalue weighted by molar-refractivity contribution is -0.130. The van der Waals surface area contributed by atoms with E-state index >= 15 is 0 Å². The molecule has 0 radical (unpaired) electrons. The number of fused-ring (bicyclic) bond motifs is 1. The number of benzene rings is 2. The first-order chi connectivity index (χ1) is 14.3. The molecule has 30 heavy (non-hydrogen) atoms. The number of phenolic OH excluding ortho intramolecular Hbond substituents is 1. The molecule has 2 aliphatic heterocycles. The largest absolute Gasteiger partial charge is 0.507 e. The molecule has 0 saturated carbocycles. The normalized spacial score (nSPS) is 19.8. The molecule has 7 nitrogen and oxygen atoms in total. The van der Waals surface area contributed by atoms with Gasteiger partial charge in [0.1, 0.15) is 34.6 Å². The number of rotatable bonds is 4. The van der Waals surface area contributed by atoms with Gasteiger partial charge in [-0.25, -0.2) is 9.79 Å². The van der Waals surface area contributed by atoms with Crippen molar-refractivity contribution in [3.05, 3.63) is 65.4 Å². The smallest absolute Gasteiger partial charge is 0.363 e. The summed E-state index contributed by atoms with van der Waals surface area (Å²) in [7, 11) is 1.46. The van der Waals surface area contributed by atoms with E-state index in [0.29, 0.717) is 11.3 Å². The number of methoxy groups -OCH3 is 1. The zero-order chi connectivity index (χ0) is 21.5. The molecule has 0 aromatic heterocycles. The van der Waals surface area contributed by atoms with Crippen molar-refractivity contribution in [2.24, 2.45) is 10.4 Å². The fraction of sp³-hybridized carbons (Fsp3) is 0.261. The lowest BCUT2D eigenvalue weighted by Gasteiger charge is -2.35. The molecule has 0 aliphatic carbocycles. The third kappa shape index (κ3) is 3.54. The molecule has 4 rings (SSSR count). The molecular weight excluding hydrogens is 386 g/mol. The number of carbonyl (C=O) groups excluding carboxylic acids is 2. The number of ketones is 1. The number of ether oxygens (including phenoxy) is 3. The number of hydrogen-bond donors (Lipinski definition) is 1. The van der Waals surface area contributed by atoms with Gasteiger partial charge in [-0.15, -0.1) is 0 Å². The predicted molar refractivity (Wildman–Crippen MR) is 109 cm³/mol. The van der Waals surface area contributed by atoms with Crippen LogP contribution in [0, 0.1) is 5.41 Å². The minimum atomic E-state index is -0.726. The van der Waals surface area contributed by atoms with Crippen molar-refractivity contribution < 1.29 is 28.9 Å². The molecule has 2 aromatic rings. The third-order valence-electron chi connectivity index (χ3n) is 5.19. The number of aromatic hydroxyl groups is 1. The van der Waals surface area contributed by atoms with Crippen LogP contribution >= 0.6 is 0 Å². The molecule has 0 spiro atoms. The Morgan fingerprint density at radius 2 is 1.93 bits per heavy atom. The third-order valence-corrected chi connectivity index (χ3v) is 5.19. The molecule has 1 unspecified atom stereocenters. The summed E-state index contributed by atoms with van der Waals surface area (Å²) in [5.41, 5.74) is 0.276. The fourth-order valence-corrected chi connectivity index (χ4v) is 3.51. The van der Waals surface area contributed by atoms with Crippen LogP contribution in [-0.4, -0.2) is 36.0 Å². The Balaban J connectivity index is 1.64. The predicted octanol–water partition coefficient (Wildman–Crippen LogP) is 3.65. The molecule has 2 aromatic carbocycles. The lowest BCUT2D eigenvalue weighted by atomic mass is 9.80. The highest BCUT2D eigenvalue weighted by molar-refractivity contribution is 6.11. The van der Waals surface area contributed by atoms with Crippen LogP contribution in [0.5, 0.6) is 17.2 Å². The van der Waals surface area contributed by atoms with Crippen LogP contribution in [0.1, 0.15) is 36.2 Å². The summed E-state index contributed by atoms with van der Waals surface area (Å²) < 4.78 is 16.5. The highest BCUT2D eigenvalue weighted by Crippen LogP contribution is 2.42. The van der Waals surface area contributed by atoms with Crippen molar-refractivity contribution in [2.75, 3.05) is 7.11 Å². The van der Waals surface area contributed by atoms with Crippen LogP contribution in [0.4, 0.5) is 0 Å². The van der Waals surface area contributed by atoms with Crippen LogP contribution in [0.2, 0.25) is 0 Å². The van der Waals surface area contributed by atoms with E-state index < -0.39 is 17.5 Å². The number of cyclic esters (lactones) is 1. The minimum Gasteiger partial charge on any atom is -0.507 e. The zero-order valence-electron chi connectivity index (χ0n) is 16.8. The van der Waals surface area contributed by atoms with Crippen LogP contribution in [0.3, 0.4) is 0 Å². The van der Waals surface area contributed by atoms with Gasteiger partial charge in [0.25, 0.3) is 0 Å². The van der Waals surface area contributed by atoms with E-state index in [2.05, 4.69) is 4.99 Å². The van der Waals surface area contributed by atoms with Crippen LogP contribution < -0.4 is 9.47 Å². The monoisotopic (exact) mass is 407 g/mol. The average Bonchev–Trinajstić information content (AvgIpc) is 3.07. The van der Waals surface area contributed by atoms with Gasteiger partial charge < -0.3 is 19.3 Å². The van der Waals surface area contributed by atoms with Gasteiger partial charge in [0, 0.05) is 29.5 Å². The van der Waals surface area contributed by atoms with Crippen molar-refractivity contribution in [1.29, 1.82) is 0 Å². The molecule has 2 aliphatic rings. The highest BCUT2D eigenvalue weighted by Gasteiger charge is 2.39. The highest BCUT2D eigenvalue weighted by atomic mass is 16.6. The number of phenols is 1. The van der Waals surface area contributed by atoms with Gasteiger partial charge in [-0.05, 0) is 18.2 Å². The molecule has 1 N–H and O–H groups in total. The van der Waals surface area contributed by atoms with Crippen molar-refractivity contribution in [3.63, 3.8) is 0 Å². The van der Waals surface area contributed by atoms with E-state index in [4.69, 9.17) is 14.2 Å². The molecular formula is C23H21NO6. The summed E-state index contributed by atoms with van der Waals surface area (Å²) in [6, 6.07) is 12.1. The number of Topliss-reactive ketones (excluding diaryl/α,β-unsaturated/α-hetero) is 1. The number of aliphatic imine (C=N–C) groups is 1. The molecule has 1 atom stereocenters. The van der Waals surface area contributed by atoms with Crippen LogP contribution in [0.15, 0.2) is 59.2 Å². The van der Waals surface area contributed by atoms with Gasteiger partial charge in [0.2, 0.25) is 5.90 Å². The number of nitrogens with zero attached hydrogens (tertiary/aromatic N) is 1. The average molecular weight is 407 g/mol. The van der Waals surface area contributed by atoms with E-state index in [1.165, 1.54) is 13.2 Å². The summed E-state index contributed by atoms with van der Waals surface area (Å²) >= 11 is 0. The molecule has 0 amide bonds. The zero-order valence-corrected chi connectivity index (χ0v) is 16.8. The first-order valence-corrected chi connectivity index (χ1v) is 9.48. The van der Waals surface area contributed by atoms with Crippen molar-refractivity contribution in [1.82, 2.24) is 0 Å². The van der Waals surface area contributed by atoms with Gasteiger partial charge in [0.05, 0.1) is 7.11 Å². The summed E-state index contributed by atoms with van der Waals surface area (Å²) in [6.07, 6.45) is 1.14. The van der Waals surface area contributed by atoms with E-state index in [-0.39, 0.29) is 40.9 Å². The lowest BCUT2D eigenvalue weighted by Crippen LogP contribution is -2.38. The second kappa shape index (κ2) is 7.33. The Morgan fingerprint density at radius 3 is 2.63 bits per heavy atom. The second-order valence-electron chi connectivity index (χ2n) is 7.78. The maximum atomic E-state index is 12.7. The fourth-order valence-electron chi connectivity index (χ4n) is 3.51. The Hall–Kier alpha value is -3.61. The van der Waals surface area contributed by atoms with E-state index in [1.54, 1.807) is 24.3 Å². The van der Waals surface area contributed by atoms with Crippen molar-refractivity contribution >= 4 is 17.7 Å². The van der Waals surface area contributed by atoms with E-state index in [0.717, 1.165) is 0 Å². The Kier molecular flexibility index (Phi) is 4.81. The van der Waals surface area contributed by atoms with Gasteiger partial charge in [0.15, 0.2) is 5.78 Å². The standard InChI is InChI=1S/C23H21NO6/c1-23(2,12-15-22(27)30-21(24-15)13-7-5-4-6-8-13)19-11-17(26)20-16(25)9-14(28-3)10-18(20)29-19/h4-10,12,19,25H,11H2,1-3H3. The first kappa shape index (κ1) is 19.7. The van der Waals surface area contributed by atoms with Gasteiger partial charge in [-0.1, -0.05) is 32.0 Å². The van der Waals surface area contributed by atoms with Crippen molar-refractivity contribution in [2.45, 2.75) is 26.4 Å². The molecule has 154 valence electrons. The summed E-state index contributed by atoms with van der Waals surface area (Å²) in [5, 5.41) is 10.2. The summed E-state index contributed by atoms with van der Waals surface area (Å²) in [6.45, 7) is 3.71. The van der Waals surface area contributed by atoms with Gasteiger partial charge >= 0.3 is 5.97 Å². The second-order valence-corrected chi connectivity index (χ2v) is 7.78. The van der Waals surface area contributed by atoms with Crippen molar-refractivity contribution in [3.8, 4) is 17.2 Å². The topological polar surface area (TPSA) is 94.4 Å². The quantitative estimate of drug-likeness (QED) is 0.614. The van der Waals surface area contributed by atoms with Crippen LogP contribution in [-0.2, 0) is 9.53 Å². The Morgan fingerprint density at radius 1 is 1.20 bits per heavy atom. The number of carbonyl (C=O) groups is 2. The van der Waals surface area contributed by atoms with Gasteiger partial charge in [-0.3, -0.25) is 4.79 Å². The van der Waals surface area contributed by atoms with E-state index in [1.807, 2.05) is 32.0 Å². The Bertz CT molecular complexity index is 1080. The van der Waals surface area contributed by atoms with Crippen LogP contribution in [0.25, 0.3) is 0 Å². The molecule has 2 heterocycles. The summed E-state index contributed by atoms with van der Waals surface area (Å²) in [4.78, 5) is 29.4. The maximum Gasteiger partial charge on any atom is 0.363 e.